The molecule has 0 aliphatic rings. The van der Waals surface area contributed by atoms with Crippen LogP contribution in [0.4, 0.5) is 5.69 Å². The SMILES string of the molecule is CCCC(=O)Nc1ccc(CN=C(NCC)NCCCOCC)cc1.I. The summed E-state index contributed by atoms with van der Waals surface area (Å²) in [5, 5.41) is 9.43. The Morgan fingerprint density at radius 1 is 1.12 bits per heavy atom. The summed E-state index contributed by atoms with van der Waals surface area (Å²) in [4.78, 5) is 16.2. The maximum absolute atomic E-state index is 11.6. The summed E-state index contributed by atoms with van der Waals surface area (Å²) in [6, 6.07) is 7.81. The average molecular weight is 476 g/mol. The lowest BCUT2D eigenvalue weighted by Gasteiger charge is -2.11. The molecule has 0 saturated heterocycles. The van der Waals surface area contributed by atoms with Crippen LogP contribution in [0.3, 0.4) is 0 Å². The predicted octanol–water partition coefficient (Wildman–Crippen LogP) is 3.52. The first-order valence-corrected chi connectivity index (χ1v) is 9.18. The highest BCUT2D eigenvalue weighted by atomic mass is 127. The van der Waals surface area contributed by atoms with Crippen LogP contribution in [0.15, 0.2) is 29.3 Å². The van der Waals surface area contributed by atoms with Crippen LogP contribution in [0.5, 0.6) is 0 Å². The van der Waals surface area contributed by atoms with Gasteiger partial charge in [0.1, 0.15) is 0 Å². The van der Waals surface area contributed by atoms with Crippen LogP contribution < -0.4 is 16.0 Å². The number of rotatable bonds is 11. The molecule has 1 aromatic carbocycles. The fraction of sp³-hybridized carbons (Fsp3) is 0.579. The lowest BCUT2D eigenvalue weighted by atomic mass is 10.2. The fourth-order valence-electron chi connectivity index (χ4n) is 2.18. The number of nitrogens with zero attached hydrogens (tertiary/aromatic N) is 1. The number of hydrogen-bond acceptors (Lipinski definition) is 3. The zero-order valence-corrected chi connectivity index (χ0v) is 18.5. The van der Waals surface area contributed by atoms with Crippen LogP contribution in [-0.2, 0) is 16.1 Å². The molecule has 1 amide bonds. The molecule has 1 aromatic rings. The number of carbonyl (C=O) groups is 1. The van der Waals surface area contributed by atoms with Crippen molar-refractivity contribution in [2.45, 2.75) is 46.6 Å². The van der Waals surface area contributed by atoms with Crippen LogP contribution in [0, 0.1) is 0 Å². The largest absolute Gasteiger partial charge is 0.382 e. The number of nitrogens with one attached hydrogen (secondary N) is 3. The monoisotopic (exact) mass is 476 g/mol. The zero-order valence-electron chi connectivity index (χ0n) is 16.1. The quantitative estimate of drug-likeness (QED) is 0.198. The van der Waals surface area contributed by atoms with Crippen molar-refractivity contribution in [3.8, 4) is 0 Å². The van der Waals surface area contributed by atoms with E-state index >= 15 is 0 Å². The van der Waals surface area contributed by atoms with E-state index in [1.54, 1.807) is 0 Å². The topological polar surface area (TPSA) is 74.8 Å². The van der Waals surface area contributed by atoms with E-state index < -0.39 is 0 Å². The molecule has 3 N–H and O–H groups in total. The molecule has 0 aliphatic heterocycles. The standard InChI is InChI=1S/C19H32N4O2.HI/c1-4-8-18(24)23-17-11-9-16(10-12-17)15-22-19(20-5-2)21-13-7-14-25-6-3;/h9-12H,4-8,13-15H2,1-3H3,(H,23,24)(H2,20,21,22);1H. The highest BCUT2D eigenvalue weighted by Crippen LogP contribution is 2.11. The van der Waals surface area contributed by atoms with Crippen molar-refractivity contribution in [2.24, 2.45) is 4.99 Å². The highest BCUT2D eigenvalue weighted by Gasteiger charge is 2.01. The van der Waals surface area contributed by atoms with Crippen LogP contribution in [0.2, 0.25) is 0 Å². The van der Waals surface area contributed by atoms with Gasteiger partial charge in [0, 0.05) is 38.4 Å². The van der Waals surface area contributed by atoms with E-state index in [9.17, 15) is 4.79 Å². The summed E-state index contributed by atoms with van der Waals surface area (Å²) in [7, 11) is 0. The van der Waals surface area contributed by atoms with E-state index in [0.717, 1.165) is 56.4 Å². The van der Waals surface area contributed by atoms with Crippen LogP contribution in [-0.4, -0.2) is 38.2 Å². The molecule has 6 nitrogen and oxygen atoms in total. The van der Waals surface area contributed by atoms with Crippen molar-refractivity contribution in [3.63, 3.8) is 0 Å². The molecule has 0 aromatic heterocycles. The highest BCUT2D eigenvalue weighted by molar-refractivity contribution is 14.0. The minimum atomic E-state index is 0. The number of aliphatic imine (C=N–C) groups is 1. The van der Waals surface area contributed by atoms with E-state index in [0.29, 0.717) is 13.0 Å². The van der Waals surface area contributed by atoms with Crippen molar-refractivity contribution < 1.29 is 9.53 Å². The Kier molecular flexibility index (Phi) is 15.0. The first kappa shape index (κ1) is 24.7. The van der Waals surface area contributed by atoms with Crippen molar-refractivity contribution in [3.05, 3.63) is 29.8 Å². The second-order valence-corrected chi connectivity index (χ2v) is 5.67. The van der Waals surface area contributed by atoms with Gasteiger partial charge in [0.2, 0.25) is 5.91 Å². The third kappa shape index (κ3) is 11.3. The Bertz CT molecular complexity index is 521. The molecule has 0 heterocycles. The number of ether oxygens (including phenoxy) is 1. The Morgan fingerprint density at radius 2 is 1.85 bits per heavy atom. The smallest absolute Gasteiger partial charge is 0.224 e. The fourth-order valence-corrected chi connectivity index (χ4v) is 2.18. The molecule has 1 rings (SSSR count). The lowest BCUT2D eigenvalue weighted by molar-refractivity contribution is -0.116. The number of halogens is 1. The van der Waals surface area contributed by atoms with Crippen molar-refractivity contribution >= 4 is 41.5 Å². The van der Waals surface area contributed by atoms with Crippen LogP contribution in [0.1, 0.15) is 45.6 Å². The predicted molar refractivity (Wildman–Crippen MR) is 119 cm³/mol. The van der Waals surface area contributed by atoms with E-state index in [-0.39, 0.29) is 29.9 Å². The third-order valence-corrected chi connectivity index (χ3v) is 3.44. The molecule has 0 bridgehead atoms. The van der Waals surface area contributed by atoms with E-state index in [1.165, 1.54) is 0 Å². The molecule has 26 heavy (non-hydrogen) atoms. The number of hydrogen-bond donors (Lipinski definition) is 3. The lowest BCUT2D eigenvalue weighted by Crippen LogP contribution is -2.38. The van der Waals surface area contributed by atoms with Crippen molar-refractivity contribution in [2.75, 3.05) is 31.6 Å². The van der Waals surface area contributed by atoms with Crippen LogP contribution >= 0.6 is 24.0 Å². The van der Waals surface area contributed by atoms with E-state index in [4.69, 9.17) is 4.74 Å². The van der Waals surface area contributed by atoms with Crippen molar-refractivity contribution in [1.29, 1.82) is 0 Å². The molecule has 148 valence electrons. The molecule has 0 radical (unpaired) electrons. The van der Waals surface area contributed by atoms with Gasteiger partial charge in [0.05, 0.1) is 6.54 Å². The van der Waals surface area contributed by atoms with Gasteiger partial charge in [-0.15, -0.1) is 24.0 Å². The second-order valence-electron chi connectivity index (χ2n) is 5.67. The minimum absolute atomic E-state index is 0. The number of benzene rings is 1. The molecule has 0 spiro atoms. The molecular formula is C19H33IN4O2. The number of anilines is 1. The van der Waals surface area contributed by atoms with Gasteiger partial charge in [-0.05, 0) is 44.4 Å². The van der Waals surface area contributed by atoms with E-state index in [1.807, 2.05) is 45.0 Å². The van der Waals surface area contributed by atoms with E-state index in [2.05, 4.69) is 20.9 Å². The first-order valence-electron chi connectivity index (χ1n) is 9.18. The minimum Gasteiger partial charge on any atom is -0.382 e. The maximum Gasteiger partial charge on any atom is 0.224 e. The zero-order chi connectivity index (χ0) is 18.3. The number of carbonyl (C=O) groups excluding carboxylic acids is 1. The van der Waals surface area contributed by atoms with Crippen molar-refractivity contribution in [1.82, 2.24) is 10.6 Å². The average Bonchev–Trinajstić information content (AvgIpc) is 2.61. The summed E-state index contributed by atoms with van der Waals surface area (Å²) in [6.45, 7) is 9.78. The summed E-state index contributed by atoms with van der Waals surface area (Å²) in [5.74, 6) is 0.860. The molecule has 0 saturated carbocycles. The van der Waals surface area contributed by atoms with Gasteiger partial charge < -0.3 is 20.7 Å². The maximum atomic E-state index is 11.6. The Hall–Kier alpha value is -1.35. The van der Waals surface area contributed by atoms with Gasteiger partial charge in [-0.3, -0.25) is 4.79 Å². The Balaban J connectivity index is 0.00000625. The number of amides is 1. The van der Waals surface area contributed by atoms with Crippen LogP contribution in [0.25, 0.3) is 0 Å². The molecule has 7 heteroatoms. The third-order valence-electron chi connectivity index (χ3n) is 3.44. The van der Waals surface area contributed by atoms with Gasteiger partial charge in [0.25, 0.3) is 0 Å². The van der Waals surface area contributed by atoms with Gasteiger partial charge >= 0.3 is 0 Å². The summed E-state index contributed by atoms with van der Waals surface area (Å²) < 4.78 is 5.33. The summed E-state index contributed by atoms with van der Waals surface area (Å²) >= 11 is 0. The summed E-state index contributed by atoms with van der Waals surface area (Å²) in [5.41, 5.74) is 1.92. The Labute approximate surface area is 174 Å². The van der Waals surface area contributed by atoms with Gasteiger partial charge in [0.15, 0.2) is 5.96 Å². The normalized spacial score (nSPS) is 10.8. The Morgan fingerprint density at radius 3 is 2.46 bits per heavy atom. The molecule has 0 atom stereocenters. The molecule has 0 fully saturated rings. The molecule has 0 aliphatic carbocycles. The summed E-state index contributed by atoms with van der Waals surface area (Å²) in [6.07, 6.45) is 2.35. The van der Waals surface area contributed by atoms with Gasteiger partial charge in [-0.25, -0.2) is 4.99 Å². The molecule has 0 unspecified atom stereocenters. The van der Waals surface area contributed by atoms with Gasteiger partial charge in [-0.1, -0.05) is 19.1 Å². The molecular weight excluding hydrogens is 443 g/mol. The first-order chi connectivity index (χ1) is 12.2. The van der Waals surface area contributed by atoms with Gasteiger partial charge in [-0.2, -0.15) is 0 Å². The number of guanidine groups is 1. The second kappa shape index (κ2) is 15.9.